The standard InChI is InChI=1S/C15H17BrO3/c1-18-15(17)14-12(8-11-6-7-13(14)19-11)9-2-4-10(16)5-3-9/h2-5,11-14H,6-8H2,1H3/t11?,12-,13-,14+/m1/s1. The molecule has 1 unspecified atom stereocenters. The van der Waals surface area contributed by atoms with Crippen molar-refractivity contribution in [1.82, 2.24) is 0 Å². The Balaban J connectivity index is 1.92. The highest BCUT2D eigenvalue weighted by molar-refractivity contribution is 9.10. The fraction of sp³-hybridized carbons (Fsp3) is 0.533. The number of carbonyl (C=O) groups excluding carboxylic acids is 1. The van der Waals surface area contributed by atoms with E-state index in [0.717, 1.165) is 23.7 Å². The molecule has 2 heterocycles. The molecule has 2 aliphatic heterocycles. The minimum atomic E-state index is -0.162. The van der Waals surface area contributed by atoms with Crippen LogP contribution in [-0.4, -0.2) is 25.3 Å². The molecule has 2 saturated heterocycles. The number of hydrogen-bond acceptors (Lipinski definition) is 3. The molecule has 0 aliphatic carbocycles. The zero-order chi connectivity index (χ0) is 13.4. The molecule has 102 valence electrons. The van der Waals surface area contributed by atoms with Crippen LogP contribution in [0.5, 0.6) is 0 Å². The Morgan fingerprint density at radius 1 is 1.32 bits per heavy atom. The van der Waals surface area contributed by atoms with Crippen LogP contribution in [0.15, 0.2) is 28.7 Å². The molecule has 0 N–H and O–H groups in total. The van der Waals surface area contributed by atoms with Crippen molar-refractivity contribution in [2.75, 3.05) is 7.11 Å². The second kappa shape index (κ2) is 5.25. The molecule has 1 aromatic carbocycles. The number of fused-ring (bicyclic) bond motifs is 2. The van der Waals surface area contributed by atoms with E-state index in [9.17, 15) is 4.79 Å². The van der Waals surface area contributed by atoms with Crippen molar-refractivity contribution in [1.29, 1.82) is 0 Å². The number of benzene rings is 1. The van der Waals surface area contributed by atoms with Crippen LogP contribution >= 0.6 is 15.9 Å². The Morgan fingerprint density at radius 3 is 2.74 bits per heavy atom. The van der Waals surface area contributed by atoms with Crippen LogP contribution in [0.25, 0.3) is 0 Å². The van der Waals surface area contributed by atoms with Crippen LogP contribution < -0.4 is 0 Å². The fourth-order valence-electron chi connectivity index (χ4n) is 3.37. The lowest BCUT2D eigenvalue weighted by Gasteiger charge is -2.35. The SMILES string of the molecule is COC(=O)[C@H]1[C@@H](c2ccc(Br)cc2)CC2CC[C@H]1O2. The minimum absolute atomic E-state index is 0.0276. The summed E-state index contributed by atoms with van der Waals surface area (Å²) in [5.41, 5.74) is 1.21. The van der Waals surface area contributed by atoms with Gasteiger partial charge < -0.3 is 9.47 Å². The first-order chi connectivity index (χ1) is 9.19. The third-order valence-corrected chi connectivity index (χ3v) is 4.79. The fourth-order valence-corrected chi connectivity index (χ4v) is 3.63. The normalized spacial score (nSPS) is 33.2. The van der Waals surface area contributed by atoms with Crippen LogP contribution in [-0.2, 0) is 14.3 Å². The van der Waals surface area contributed by atoms with Gasteiger partial charge in [0.25, 0.3) is 0 Å². The molecule has 19 heavy (non-hydrogen) atoms. The zero-order valence-corrected chi connectivity index (χ0v) is 12.4. The van der Waals surface area contributed by atoms with Crippen LogP contribution in [0.4, 0.5) is 0 Å². The number of rotatable bonds is 2. The summed E-state index contributed by atoms with van der Waals surface area (Å²) in [5, 5.41) is 0. The maximum Gasteiger partial charge on any atom is 0.311 e. The monoisotopic (exact) mass is 324 g/mol. The van der Waals surface area contributed by atoms with Crippen molar-refractivity contribution in [2.24, 2.45) is 5.92 Å². The smallest absolute Gasteiger partial charge is 0.311 e. The Morgan fingerprint density at radius 2 is 2.05 bits per heavy atom. The van der Waals surface area contributed by atoms with Gasteiger partial charge in [0.1, 0.15) is 0 Å². The van der Waals surface area contributed by atoms with Gasteiger partial charge in [0, 0.05) is 10.4 Å². The van der Waals surface area contributed by atoms with E-state index in [2.05, 4.69) is 28.1 Å². The summed E-state index contributed by atoms with van der Waals surface area (Å²) in [7, 11) is 1.46. The van der Waals surface area contributed by atoms with Crippen molar-refractivity contribution in [3.8, 4) is 0 Å². The lowest BCUT2D eigenvalue weighted by molar-refractivity contribution is -0.156. The quantitative estimate of drug-likeness (QED) is 0.783. The van der Waals surface area contributed by atoms with E-state index in [1.54, 1.807) is 0 Å². The first-order valence-corrected chi connectivity index (χ1v) is 7.47. The molecule has 4 atom stereocenters. The molecular formula is C15H17BrO3. The zero-order valence-electron chi connectivity index (χ0n) is 10.8. The lowest BCUT2D eigenvalue weighted by Crippen LogP contribution is -2.39. The van der Waals surface area contributed by atoms with Gasteiger partial charge in [0.05, 0.1) is 25.2 Å². The van der Waals surface area contributed by atoms with E-state index in [0.29, 0.717) is 6.10 Å². The Labute approximate surface area is 121 Å². The van der Waals surface area contributed by atoms with Gasteiger partial charge in [-0.3, -0.25) is 4.79 Å². The van der Waals surface area contributed by atoms with Crippen LogP contribution in [0, 0.1) is 5.92 Å². The largest absolute Gasteiger partial charge is 0.469 e. The van der Waals surface area contributed by atoms with Gasteiger partial charge in [0.2, 0.25) is 0 Å². The number of hydrogen-bond donors (Lipinski definition) is 0. The molecule has 0 amide bonds. The van der Waals surface area contributed by atoms with Crippen LogP contribution in [0.3, 0.4) is 0 Å². The number of carbonyl (C=O) groups is 1. The summed E-state index contributed by atoms with van der Waals surface area (Å²) < 4.78 is 11.9. The highest BCUT2D eigenvalue weighted by Crippen LogP contribution is 2.45. The molecule has 3 nitrogen and oxygen atoms in total. The van der Waals surface area contributed by atoms with E-state index in [-0.39, 0.29) is 23.9 Å². The van der Waals surface area contributed by atoms with Crippen LogP contribution in [0.1, 0.15) is 30.7 Å². The molecule has 0 spiro atoms. The third-order valence-electron chi connectivity index (χ3n) is 4.26. The van der Waals surface area contributed by atoms with Crippen LogP contribution in [0.2, 0.25) is 0 Å². The van der Waals surface area contributed by atoms with Gasteiger partial charge in [-0.05, 0) is 37.0 Å². The third kappa shape index (κ3) is 2.43. The molecule has 0 saturated carbocycles. The molecule has 2 bridgehead atoms. The van der Waals surface area contributed by atoms with Gasteiger partial charge in [0.15, 0.2) is 0 Å². The maximum atomic E-state index is 12.1. The minimum Gasteiger partial charge on any atom is -0.469 e. The van der Waals surface area contributed by atoms with Gasteiger partial charge in [-0.2, -0.15) is 0 Å². The molecule has 0 radical (unpaired) electrons. The Hall–Kier alpha value is -0.870. The summed E-state index contributed by atoms with van der Waals surface area (Å²) in [6.07, 6.45) is 3.28. The van der Waals surface area contributed by atoms with E-state index in [1.807, 2.05) is 12.1 Å². The predicted molar refractivity (Wildman–Crippen MR) is 74.9 cm³/mol. The topological polar surface area (TPSA) is 35.5 Å². The van der Waals surface area contributed by atoms with Gasteiger partial charge >= 0.3 is 5.97 Å². The summed E-state index contributed by atoms with van der Waals surface area (Å²) in [4.78, 5) is 12.1. The van der Waals surface area contributed by atoms with Crippen molar-refractivity contribution in [3.63, 3.8) is 0 Å². The molecule has 2 fully saturated rings. The average molecular weight is 325 g/mol. The summed E-state index contributed by atoms with van der Waals surface area (Å²) >= 11 is 3.45. The first-order valence-electron chi connectivity index (χ1n) is 6.68. The highest BCUT2D eigenvalue weighted by atomic mass is 79.9. The number of esters is 1. The molecule has 4 heteroatoms. The Bertz CT molecular complexity index is 471. The number of ether oxygens (including phenoxy) is 2. The molecule has 0 aromatic heterocycles. The molecule has 2 aliphatic rings. The summed E-state index contributed by atoms with van der Waals surface area (Å²) in [6.45, 7) is 0. The second-order valence-electron chi connectivity index (χ2n) is 5.32. The van der Waals surface area contributed by atoms with Gasteiger partial charge in [-0.1, -0.05) is 28.1 Å². The van der Waals surface area contributed by atoms with Crippen molar-refractivity contribution in [3.05, 3.63) is 34.3 Å². The maximum absolute atomic E-state index is 12.1. The van der Waals surface area contributed by atoms with Crippen molar-refractivity contribution < 1.29 is 14.3 Å². The van der Waals surface area contributed by atoms with Gasteiger partial charge in [-0.25, -0.2) is 0 Å². The molecule has 3 rings (SSSR count). The first kappa shape index (κ1) is 13.1. The van der Waals surface area contributed by atoms with E-state index in [4.69, 9.17) is 9.47 Å². The summed E-state index contributed by atoms with van der Waals surface area (Å²) in [5.74, 6) is -0.0880. The Kier molecular flexibility index (Phi) is 3.63. The van der Waals surface area contributed by atoms with E-state index in [1.165, 1.54) is 12.7 Å². The second-order valence-corrected chi connectivity index (χ2v) is 6.23. The van der Waals surface area contributed by atoms with Gasteiger partial charge in [-0.15, -0.1) is 0 Å². The molecule has 1 aromatic rings. The lowest BCUT2D eigenvalue weighted by atomic mass is 9.79. The predicted octanol–water partition coefficient (Wildman–Crippen LogP) is 3.27. The van der Waals surface area contributed by atoms with Crippen molar-refractivity contribution >= 4 is 21.9 Å². The number of methoxy groups -OCH3 is 1. The van der Waals surface area contributed by atoms with Crippen molar-refractivity contribution in [2.45, 2.75) is 37.4 Å². The van der Waals surface area contributed by atoms with E-state index >= 15 is 0 Å². The highest BCUT2D eigenvalue weighted by Gasteiger charge is 2.47. The molecular weight excluding hydrogens is 308 g/mol. The van der Waals surface area contributed by atoms with E-state index < -0.39 is 0 Å². The summed E-state index contributed by atoms with van der Waals surface area (Å²) in [6, 6.07) is 8.24. The number of halogens is 1. The average Bonchev–Trinajstić information content (AvgIpc) is 2.80.